The number of halogens is 2. The second-order valence-corrected chi connectivity index (χ2v) is 4.65. The van der Waals surface area contributed by atoms with E-state index in [1.54, 1.807) is 19.1 Å². The number of carbonyl (C=O) groups is 1. The Hall–Kier alpha value is -1.95. The first kappa shape index (κ1) is 13.5. The van der Waals surface area contributed by atoms with Crippen molar-refractivity contribution >= 4 is 21.8 Å². The van der Waals surface area contributed by atoms with E-state index < -0.39 is 11.7 Å². The molecule has 0 aliphatic rings. The molecule has 0 unspecified atom stereocenters. The number of nitrogens with two attached hydrogens (primary N) is 1. The van der Waals surface area contributed by atoms with E-state index in [9.17, 15) is 9.18 Å². The molecule has 1 aromatic carbocycles. The normalized spacial score (nSPS) is 10.3. The van der Waals surface area contributed by atoms with Gasteiger partial charge < -0.3 is 10.5 Å². The van der Waals surface area contributed by atoms with Gasteiger partial charge in [-0.15, -0.1) is 0 Å². The van der Waals surface area contributed by atoms with Crippen molar-refractivity contribution in [3.05, 3.63) is 51.9 Å². The van der Waals surface area contributed by atoms with Gasteiger partial charge in [-0.25, -0.2) is 9.37 Å². The lowest BCUT2D eigenvalue weighted by molar-refractivity contribution is 0.0994. The smallest absolute Gasteiger partial charge is 0.255 e. The summed E-state index contributed by atoms with van der Waals surface area (Å²) < 4.78 is 19.8. The summed E-state index contributed by atoms with van der Waals surface area (Å²) in [6.45, 7) is 1.79. The lowest BCUT2D eigenvalue weighted by Crippen LogP contribution is -2.14. The first-order valence-corrected chi connectivity index (χ1v) is 6.17. The highest BCUT2D eigenvalue weighted by atomic mass is 79.9. The molecule has 2 aromatic rings. The van der Waals surface area contributed by atoms with Crippen molar-refractivity contribution < 1.29 is 13.9 Å². The molecule has 1 heterocycles. The van der Waals surface area contributed by atoms with Gasteiger partial charge in [0.15, 0.2) is 0 Å². The first-order valence-electron chi connectivity index (χ1n) is 5.38. The van der Waals surface area contributed by atoms with Crippen LogP contribution in [0, 0.1) is 12.7 Å². The minimum Gasteiger partial charge on any atom is -0.438 e. The maximum atomic E-state index is 13.5. The van der Waals surface area contributed by atoms with Crippen molar-refractivity contribution in [2.24, 2.45) is 5.73 Å². The third-order valence-corrected chi connectivity index (χ3v) is 3.27. The topological polar surface area (TPSA) is 65.2 Å². The number of hydrogen-bond acceptors (Lipinski definition) is 3. The molecule has 2 N–H and O–H groups in total. The number of carbonyl (C=O) groups excluding carboxylic acids is 1. The van der Waals surface area contributed by atoms with Crippen molar-refractivity contribution in [1.29, 1.82) is 0 Å². The van der Waals surface area contributed by atoms with Crippen LogP contribution in [0.2, 0.25) is 0 Å². The number of amides is 1. The summed E-state index contributed by atoms with van der Waals surface area (Å²) >= 11 is 3.31. The number of hydrogen-bond donors (Lipinski definition) is 1. The third-order valence-electron chi connectivity index (χ3n) is 2.43. The van der Waals surface area contributed by atoms with Gasteiger partial charge in [0.2, 0.25) is 5.88 Å². The zero-order valence-corrected chi connectivity index (χ0v) is 11.6. The van der Waals surface area contributed by atoms with Gasteiger partial charge in [-0.05, 0) is 41.1 Å². The van der Waals surface area contributed by atoms with Crippen LogP contribution in [0.5, 0.6) is 11.6 Å². The quantitative estimate of drug-likeness (QED) is 0.942. The van der Waals surface area contributed by atoms with Crippen LogP contribution in [-0.4, -0.2) is 10.9 Å². The lowest BCUT2D eigenvalue weighted by Gasteiger charge is -2.09. The molecule has 1 amide bonds. The van der Waals surface area contributed by atoms with Crippen molar-refractivity contribution in [1.82, 2.24) is 4.98 Å². The highest BCUT2D eigenvalue weighted by molar-refractivity contribution is 9.10. The van der Waals surface area contributed by atoms with E-state index in [1.165, 1.54) is 12.1 Å². The monoisotopic (exact) mass is 324 g/mol. The molecule has 98 valence electrons. The average Bonchev–Trinajstić information content (AvgIpc) is 2.33. The number of primary amides is 1. The number of aromatic nitrogens is 1. The van der Waals surface area contributed by atoms with Crippen molar-refractivity contribution in [3.8, 4) is 11.6 Å². The van der Waals surface area contributed by atoms with Crippen molar-refractivity contribution in [2.45, 2.75) is 6.92 Å². The Morgan fingerprint density at radius 2 is 2.11 bits per heavy atom. The molecule has 0 aliphatic heterocycles. The number of pyridine rings is 1. The lowest BCUT2D eigenvalue weighted by atomic mass is 10.2. The van der Waals surface area contributed by atoms with E-state index in [0.29, 0.717) is 0 Å². The number of rotatable bonds is 3. The standard InChI is InChI=1S/C13H10BrFN2O2/c1-7-8(14)5-6-11(17-7)19-10-4-2-3-9(15)12(10)13(16)18/h2-6H,1H3,(H2,16,18). The Labute approximate surface area is 117 Å². The maximum absolute atomic E-state index is 13.5. The molecular formula is C13H10BrFN2O2. The van der Waals surface area contributed by atoms with Gasteiger partial charge in [-0.3, -0.25) is 4.79 Å². The third kappa shape index (κ3) is 2.90. The van der Waals surface area contributed by atoms with E-state index in [2.05, 4.69) is 20.9 Å². The van der Waals surface area contributed by atoms with Crippen LogP contribution in [0.3, 0.4) is 0 Å². The van der Waals surface area contributed by atoms with E-state index in [-0.39, 0.29) is 17.2 Å². The molecule has 1 aromatic heterocycles. The van der Waals surface area contributed by atoms with Gasteiger partial charge in [-0.1, -0.05) is 6.07 Å². The Bertz CT molecular complexity index is 647. The molecule has 0 atom stereocenters. The molecule has 0 aliphatic carbocycles. The average molecular weight is 325 g/mol. The second-order valence-electron chi connectivity index (χ2n) is 3.80. The number of nitrogens with zero attached hydrogens (tertiary/aromatic N) is 1. The maximum Gasteiger partial charge on any atom is 0.255 e. The summed E-state index contributed by atoms with van der Waals surface area (Å²) in [7, 11) is 0. The molecule has 0 spiro atoms. The van der Waals surface area contributed by atoms with E-state index in [4.69, 9.17) is 10.5 Å². The van der Waals surface area contributed by atoms with Crippen LogP contribution in [-0.2, 0) is 0 Å². The Balaban J connectivity index is 2.40. The fourth-order valence-electron chi connectivity index (χ4n) is 1.52. The van der Waals surface area contributed by atoms with E-state index in [1.807, 2.05) is 0 Å². The molecule has 0 saturated heterocycles. The van der Waals surface area contributed by atoms with Gasteiger partial charge in [0.1, 0.15) is 17.1 Å². The molecule has 0 fully saturated rings. The summed E-state index contributed by atoms with van der Waals surface area (Å²) in [6.07, 6.45) is 0. The highest BCUT2D eigenvalue weighted by Gasteiger charge is 2.16. The Kier molecular flexibility index (Phi) is 3.80. The summed E-state index contributed by atoms with van der Waals surface area (Å²) in [5, 5.41) is 0. The fourth-order valence-corrected chi connectivity index (χ4v) is 1.74. The molecule has 4 nitrogen and oxygen atoms in total. The van der Waals surface area contributed by atoms with Crippen molar-refractivity contribution in [2.75, 3.05) is 0 Å². The van der Waals surface area contributed by atoms with Crippen LogP contribution in [0.4, 0.5) is 4.39 Å². The summed E-state index contributed by atoms with van der Waals surface area (Å²) in [4.78, 5) is 15.4. The molecule has 2 rings (SSSR count). The molecule has 19 heavy (non-hydrogen) atoms. The van der Waals surface area contributed by atoms with E-state index >= 15 is 0 Å². The molecular weight excluding hydrogens is 315 g/mol. The predicted octanol–water partition coefficient (Wildman–Crippen LogP) is 3.18. The first-order chi connectivity index (χ1) is 8.99. The molecule has 0 saturated carbocycles. The Morgan fingerprint density at radius 1 is 1.37 bits per heavy atom. The van der Waals surface area contributed by atoms with Crippen molar-refractivity contribution in [3.63, 3.8) is 0 Å². The number of aryl methyl sites for hydroxylation is 1. The van der Waals surface area contributed by atoms with Crippen LogP contribution in [0.25, 0.3) is 0 Å². The minimum atomic E-state index is -0.887. The second kappa shape index (κ2) is 5.36. The minimum absolute atomic E-state index is 0.0433. The predicted molar refractivity (Wildman–Crippen MR) is 71.7 cm³/mol. The molecule has 0 bridgehead atoms. The largest absolute Gasteiger partial charge is 0.438 e. The zero-order valence-electron chi connectivity index (χ0n) is 9.98. The SMILES string of the molecule is Cc1nc(Oc2cccc(F)c2C(N)=O)ccc1Br. The summed E-state index contributed by atoms with van der Waals surface area (Å²) in [5.41, 5.74) is 5.57. The molecule has 0 radical (unpaired) electrons. The highest BCUT2D eigenvalue weighted by Crippen LogP contribution is 2.27. The van der Waals surface area contributed by atoms with Gasteiger partial charge >= 0.3 is 0 Å². The fraction of sp³-hybridized carbons (Fsp3) is 0.0769. The van der Waals surface area contributed by atoms with E-state index in [0.717, 1.165) is 16.2 Å². The van der Waals surface area contributed by atoms with Crippen LogP contribution in [0.15, 0.2) is 34.8 Å². The van der Waals surface area contributed by atoms with Crippen LogP contribution < -0.4 is 10.5 Å². The number of benzene rings is 1. The zero-order chi connectivity index (χ0) is 14.0. The van der Waals surface area contributed by atoms with Gasteiger partial charge in [-0.2, -0.15) is 0 Å². The summed E-state index contributed by atoms with van der Waals surface area (Å²) in [5.74, 6) is -1.31. The van der Waals surface area contributed by atoms with Gasteiger partial charge in [0, 0.05) is 10.5 Å². The number of ether oxygens (including phenoxy) is 1. The summed E-state index contributed by atoms with van der Waals surface area (Å²) in [6, 6.07) is 7.39. The van der Waals surface area contributed by atoms with Crippen LogP contribution >= 0.6 is 15.9 Å². The Morgan fingerprint density at radius 3 is 2.74 bits per heavy atom. The van der Waals surface area contributed by atoms with Gasteiger partial charge in [0.05, 0.1) is 5.69 Å². The van der Waals surface area contributed by atoms with Crippen LogP contribution in [0.1, 0.15) is 16.1 Å². The molecule has 6 heteroatoms. The van der Waals surface area contributed by atoms with Gasteiger partial charge in [0.25, 0.3) is 5.91 Å².